The van der Waals surface area contributed by atoms with Gasteiger partial charge in [0, 0.05) is 18.0 Å². The summed E-state index contributed by atoms with van der Waals surface area (Å²) in [7, 11) is 0. The quantitative estimate of drug-likeness (QED) is 0.853. The van der Waals surface area contributed by atoms with Crippen LogP contribution in [0.3, 0.4) is 0 Å². The number of thiophene rings is 1. The van der Waals surface area contributed by atoms with Gasteiger partial charge in [0.05, 0.1) is 3.79 Å². The summed E-state index contributed by atoms with van der Waals surface area (Å²) in [5.41, 5.74) is 1.82. The van der Waals surface area contributed by atoms with Gasteiger partial charge in [0.25, 0.3) is 0 Å². The third kappa shape index (κ3) is 1.85. The Bertz CT molecular complexity index is 382. The first-order valence-electron chi connectivity index (χ1n) is 3.82. The van der Waals surface area contributed by atoms with E-state index in [-0.39, 0.29) is 0 Å². The summed E-state index contributed by atoms with van der Waals surface area (Å²) in [6.07, 6.45) is 3.09. The largest absolute Gasteiger partial charge is 0.384 e. The van der Waals surface area contributed by atoms with Crippen LogP contribution in [0.5, 0.6) is 0 Å². The number of halogens is 1. The van der Waals surface area contributed by atoms with Crippen LogP contribution in [0, 0.1) is 0 Å². The van der Waals surface area contributed by atoms with Gasteiger partial charge >= 0.3 is 0 Å². The molecule has 0 radical (unpaired) electrons. The fraction of sp³-hybridized carbons (Fsp3) is 0.111. The van der Waals surface area contributed by atoms with Gasteiger partial charge < -0.3 is 10.1 Å². The minimum absolute atomic E-state index is 0.520. The minimum Gasteiger partial charge on any atom is -0.384 e. The molecule has 0 saturated carbocycles. The van der Waals surface area contributed by atoms with Crippen LogP contribution in [0.25, 0.3) is 0 Å². The fourth-order valence-corrected chi connectivity index (χ4v) is 2.36. The van der Waals surface area contributed by atoms with Crippen LogP contribution in [0.4, 0.5) is 0 Å². The third-order valence-corrected chi connectivity index (χ3v) is 3.36. The predicted molar refractivity (Wildman–Crippen MR) is 56.9 cm³/mol. The van der Waals surface area contributed by atoms with Crippen LogP contribution in [0.15, 0.2) is 33.7 Å². The molecular weight excluding hydrogens is 250 g/mol. The van der Waals surface area contributed by atoms with Crippen molar-refractivity contribution in [2.24, 2.45) is 0 Å². The summed E-state index contributed by atoms with van der Waals surface area (Å²) >= 11 is 4.94. The van der Waals surface area contributed by atoms with Gasteiger partial charge in [-0.05, 0) is 39.0 Å². The van der Waals surface area contributed by atoms with E-state index in [4.69, 9.17) is 0 Å². The Labute approximate surface area is 88.4 Å². The molecule has 0 amide bonds. The molecule has 0 aromatic carbocycles. The second kappa shape index (κ2) is 3.65. The van der Waals surface area contributed by atoms with E-state index >= 15 is 0 Å². The molecule has 2 N–H and O–H groups in total. The molecule has 0 aliphatic heterocycles. The number of nitrogens with one attached hydrogen (secondary N) is 1. The van der Waals surface area contributed by atoms with Crippen LogP contribution in [0.1, 0.15) is 17.2 Å². The highest BCUT2D eigenvalue weighted by Crippen LogP contribution is 2.28. The molecule has 1 unspecified atom stereocenters. The number of aliphatic hydroxyl groups excluding tert-OH is 1. The minimum atomic E-state index is -0.520. The van der Waals surface area contributed by atoms with Gasteiger partial charge in [0.2, 0.25) is 0 Å². The van der Waals surface area contributed by atoms with Crippen molar-refractivity contribution in [2.75, 3.05) is 0 Å². The summed E-state index contributed by atoms with van der Waals surface area (Å²) in [5, 5.41) is 11.8. The Kier molecular flexibility index (Phi) is 2.53. The van der Waals surface area contributed by atoms with Crippen molar-refractivity contribution in [3.63, 3.8) is 0 Å². The fourth-order valence-electron chi connectivity index (χ4n) is 1.17. The van der Waals surface area contributed by atoms with E-state index in [9.17, 15) is 5.11 Å². The predicted octanol–water partition coefficient (Wildman–Crippen LogP) is 2.92. The van der Waals surface area contributed by atoms with Crippen LogP contribution in [0.2, 0.25) is 0 Å². The van der Waals surface area contributed by atoms with Crippen molar-refractivity contribution in [3.05, 3.63) is 44.8 Å². The van der Waals surface area contributed by atoms with Crippen LogP contribution in [-0.2, 0) is 0 Å². The normalized spacial score (nSPS) is 13.1. The molecule has 2 aromatic heterocycles. The molecule has 4 heteroatoms. The molecular formula is C9H8BrNOS. The SMILES string of the molecule is OC(c1cc[nH]c1)c1csc(Br)c1. The molecule has 0 bridgehead atoms. The van der Waals surface area contributed by atoms with Crippen molar-refractivity contribution in [1.29, 1.82) is 0 Å². The van der Waals surface area contributed by atoms with Crippen molar-refractivity contribution in [2.45, 2.75) is 6.10 Å². The number of aromatic amines is 1. The molecule has 0 aliphatic rings. The molecule has 0 fully saturated rings. The van der Waals surface area contributed by atoms with E-state index in [1.54, 1.807) is 23.7 Å². The molecule has 0 spiro atoms. The lowest BCUT2D eigenvalue weighted by molar-refractivity contribution is 0.221. The highest BCUT2D eigenvalue weighted by atomic mass is 79.9. The van der Waals surface area contributed by atoms with Gasteiger partial charge in [-0.1, -0.05) is 0 Å². The zero-order chi connectivity index (χ0) is 9.26. The van der Waals surface area contributed by atoms with Gasteiger partial charge in [0.15, 0.2) is 0 Å². The average Bonchev–Trinajstić information content (AvgIpc) is 2.72. The van der Waals surface area contributed by atoms with Gasteiger partial charge in [-0.3, -0.25) is 0 Å². The van der Waals surface area contributed by atoms with Gasteiger partial charge in [0.1, 0.15) is 6.10 Å². The summed E-state index contributed by atoms with van der Waals surface area (Å²) in [5.74, 6) is 0. The monoisotopic (exact) mass is 257 g/mol. The Morgan fingerprint density at radius 1 is 1.46 bits per heavy atom. The van der Waals surface area contributed by atoms with E-state index in [0.717, 1.165) is 14.9 Å². The zero-order valence-corrected chi connectivity index (χ0v) is 9.10. The number of H-pyrrole nitrogens is 1. The standard InChI is InChI=1S/C9H8BrNOS/c10-8-3-7(5-13-8)9(12)6-1-2-11-4-6/h1-5,9,11-12H. The number of hydrogen-bond donors (Lipinski definition) is 2. The summed E-state index contributed by atoms with van der Waals surface area (Å²) in [4.78, 5) is 2.92. The summed E-state index contributed by atoms with van der Waals surface area (Å²) < 4.78 is 1.04. The van der Waals surface area contributed by atoms with Crippen molar-refractivity contribution in [3.8, 4) is 0 Å². The lowest BCUT2D eigenvalue weighted by Crippen LogP contribution is -1.95. The average molecular weight is 258 g/mol. The highest BCUT2D eigenvalue weighted by Gasteiger charge is 2.11. The molecule has 2 rings (SSSR count). The first-order valence-corrected chi connectivity index (χ1v) is 5.49. The Balaban J connectivity index is 2.28. The summed E-state index contributed by atoms with van der Waals surface area (Å²) in [6, 6.07) is 3.80. The topological polar surface area (TPSA) is 36.0 Å². The first kappa shape index (κ1) is 8.99. The number of aromatic nitrogens is 1. The lowest BCUT2D eigenvalue weighted by atomic mass is 10.1. The molecule has 2 aromatic rings. The van der Waals surface area contributed by atoms with E-state index in [1.165, 1.54) is 0 Å². The zero-order valence-electron chi connectivity index (χ0n) is 6.70. The summed E-state index contributed by atoms with van der Waals surface area (Å²) in [6.45, 7) is 0. The van der Waals surface area contributed by atoms with Gasteiger partial charge in [-0.15, -0.1) is 11.3 Å². The highest BCUT2D eigenvalue weighted by molar-refractivity contribution is 9.11. The third-order valence-electron chi connectivity index (χ3n) is 1.84. The second-order valence-electron chi connectivity index (χ2n) is 2.73. The van der Waals surface area contributed by atoms with Crippen LogP contribution in [-0.4, -0.2) is 10.1 Å². The van der Waals surface area contributed by atoms with Crippen molar-refractivity contribution >= 4 is 27.3 Å². The maximum absolute atomic E-state index is 9.86. The van der Waals surface area contributed by atoms with E-state index < -0.39 is 6.10 Å². The lowest BCUT2D eigenvalue weighted by Gasteiger charge is -2.04. The maximum atomic E-state index is 9.86. The van der Waals surface area contributed by atoms with Gasteiger partial charge in [-0.25, -0.2) is 0 Å². The number of hydrogen-bond acceptors (Lipinski definition) is 2. The van der Waals surface area contributed by atoms with Crippen LogP contribution < -0.4 is 0 Å². The van der Waals surface area contributed by atoms with E-state index in [2.05, 4.69) is 20.9 Å². The molecule has 2 heterocycles. The Morgan fingerprint density at radius 2 is 2.31 bits per heavy atom. The molecule has 1 atom stereocenters. The van der Waals surface area contributed by atoms with E-state index in [1.807, 2.05) is 17.5 Å². The smallest absolute Gasteiger partial charge is 0.106 e. The second-order valence-corrected chi connectivity index (χ2v) is 5.02. The van der Waals surface area contributed by atoms with E-state index in [0.29, 0.717) is 0 Å². The van der Waals surface area contributed by atoms with Crippen molar-refractivity contribution < 1.29 is 5.11 Å². The van der Waals surface area contributed by atoms with Crippen LogP contribution >= 0.6 is 27.3 Å². The first-order chi connectivity index (χ1) is 6.27. The Hall–Kier alpha value is -0.580. The molecule has 0 saturated heterocycles. The number of rotatable bonds is 2. The molecule has 0 aliphatic carbocycles. The number of aliphatic hydroxyl groups is 1. The Morgan fingerprint density at radius 3 is 2.85 bits per heavy atom. The molecule has 2 nitrogen and oxygen atoms in total. The maximum Gasteiger partial charge on any atom is 0.106 e. The van der Waals surface area contributed by atoms with Gasteiger partial charge in [-0.2, -0.15) is 0 Å². The molecule has 13 heavy (non-hydrogen) atoms. The van der Waals surface area contributed by atoms with Crippen molar-refractivity contribution in [1.82, 2.24) is 4.98 Å². The molecule has 68 valence electrons.